The SMILES string of the molecule is O=S(=O)(Cl)c1nccc(CCl)c1C(F)F. The molecule has 0 saturated heterocycles. The third-order valence-corrected chi connectivity index (χ3v) is 3.15. The second-order valence-electron chi connectivity index (χ2n) is 2.56. The van der Waals surface area contributed by atoms with Gasteiger partial charge in [-0.15, -0.1) is 11.6 Å². The maximum Gasteiger partial charge on any atom is 0.279 e. The minimum atomic E-state index is -4.29. The Morgan fingerprint density at radius 3 is 2.47 bits per heavy atom. The molecule has 15 heavy (non-hydrogen) atoms. The molecule has 1 aromatic heterocycles. The number of aromatic nitrogens is 1. The largest absolute Gasteiger partial charge is 0.279 e. The van der Waals surface area contributed by atoms with E-state index in [9.17, 15) is 17.2 Å². The predicted molar refractivity (Wildman–Crippen MR) is 51.8 cm³/mol. The molecular weight excluding hydrogens is 271 g/mol. The van der Waals surface area contributed by atoms with Crippen molar-refractivity contribution in [2.24, 2.45) is 0 Å². The van der Waals surface area contributed by atoms with Crippen molar-refractivity contribution in [3.63, 3.8) is 0 Å². The highest BCUT2D eigenvalue weighted by atomic mass is 35.7. The van der Waals surface area contributed by atoms with Crippen LogP contribution in [-0.2, 0) is 14.9 Å². The van der Waals surface area contributed by atoms with Crippen LogP contribution in [0, 0.1) is 0 Å². The van der Waals surface area contributed by atoms with E-state index in [1.807, 2.05) is 0 Å². The van der Waals surface area contributed by atoms with Gasteiger partial charge in [-0.2, -0.15) is 0 Å². The summed E-state index contributed by atoms with van der Waals surface area (Å²) in [7, 11) is 0.681. The molecule has 1 heterocycles. The molecule has 0 unspecified atom stereocenters. The van der Waals surface area contributed by atoms with E-state index in [1.165, 1.54) is 6.07 Å². The van der Waals surface area contributed by atoms with Gasteiger partial charge in [-0.3, -0.25) is 0 Å². The third-order valence-electron chi connectivity index (χ3n) is 1.64. The molecule has 0 spiro atoms. The van der Waals surface area contributed by atoms with Crippen LogP contribution < -0.4 is 0 Å². The first-order valence-corrected chi connectivity index (χ1v) is 6.49. The minimum absolute atomic E-state index is 0.000826. The van der Waals surface area contributed by atoms with Gasteiger partial charge in [0.25, 0.3) is 15.5 Å². The molecule has 0 amide bonds. The molecule has 0 aliphatic heterocycles. The van der Waals surface area contributed by atoms with Crippen molar-refractivity contribution >= 4 is 31.3 Å². The average molecular weight is 276 g/mol. The Hall–Kier alpha value is -0.460. The monoisotopic (exact) mass is 275 g/mol. The molecule has 0 fully saturated rings. The Bertz CT molecular complexity index is 464. The first-order chi connectivity index (χ1) is 6.88. The Balaban J connectivity index is 3.53. The van der Waals surface area contributed by atoms with Gasteiger partial charge in [0.1, 0.15) is 0 Å². The number of pyridine rings is 1. The van der Waals surface area contributed by atoms with E-state index in [1.54, 1.807) is 0 Å². The Morgan fingerprint density at radius 2 is 2.07 bits per heavy atom. The molecular formula is C7H5Cl2F2NO2S. The van der Waals surface area contributed by atoms with Crippen molar-refractivity contribution in [1.29, 1.82) is 0 Å². The smallest absolute Gasteiger partial charge is 0.243 e. The van der Waals surface area contributed by atoms with Gasteiger partial charge in [-0.1, -0.05) is 0 Å². The summed E-state index contributed by atoms with van der Waals surface area (Å²) in [6, 6.07) is 1.22. The van der Waals surface area contributed by atoms with Crippen molar-refractivity contribution in [3.8, 4) is 0 Å². The number of rotatable bonds is 3. The predicted octanol–water partition coefficient (Wildman–Crippen LogP) is 2.69. The molecule has 1 aromatic rings. The molecule has 3 nitrogen and oxygen atoms in total. The Morgan fingerprint density at radius 1 is 1.47 bits per heavy atom. The van der Waals surface area contributed by atoms with Crippen LogP contribution in [-0.4, -0.2) is 13.4 Å². The summed E-state index contributed by atoms with van der Waals surface area (Å²) in [6.45, 7) is 0. The molecule has 8 heteroatoms. The van der Waals surface area contributed by atoms with Gasteiger partial charge in [0.05, 0.1) is 5.56 Å². The standard InChI is InChI=1S/C7H5Cl2F2NO2S/c8-3-4-1-2-12-7(15(9,13)14)5(4)6(10)11/h1-2,6H,3H2. The van der Waals surface area contributed by atoms with E-state index in [-0.39, 0.29) is 11.4 Å². The highest BCUT2D eigenvalue weighted by molar-refractivity contribution is 8.13. The van der Waals surface area contributed by atoms with E-state index in [2.05, 4.69) is 4.98 Å². The summed E-state index contributed by atoms with van der Waals surface area (Å²) in [5.74, 6) is -0.235. The quantitative estimate of drug-likeness (QED) is 0.630. The maximum atomic E-state index is 12.6. The van der Waals surface area contributed by atoms with Crippen LogP contribution in [0.25, 0.3) is 0 Å². The van der Waals surface area contributed by atoms with Crippen molar-refractivity contribution in [1.82, 2.24) is 4.98 Å². The fraction of sp³-hybridized carbons (Fsp3) is 0.286. The zero-order valence-corrected chi connectivity index (χ0v) is 9.45. The Kier molecular flexibility index (Phi) is 3.86. The molecule has 0 radical (unpaired) electrons. The topological polar surface area (TPSA) is 47.0 Å². The van der Waals surface area contributed by atoms with E-state index in [0.29, 0.717) is 0 Å². The van der Waals surface area contributed by atoms with Crippen LogP contribution in [0.1, 0.15) is 17.6 Å². The van der Waals surface area contributed by atoms with Gasteiger partial charge in [-0.25, -0.2) is 22.2 Å². The lowest BCUT2D eigenvalue weighted by molar-refractivity contribution is 0.146. The van der Waals surface area contributed by atoms with Gasteiger partial charge in [0.15, 0.2) is 5.03 Å². The summed E-state index contributed by atoms with van der Waals surface area (Å²) >= 11 is 5.40. The molecule has 0 bridgehead atoms. The summed E-state index contributed by atoms with van der Waals surface area (Å²) in [6.07, 6.45) is -1.92. The van der Waals surface area contributed by atoms with Crippen molar-refractivity contribution in [3.05, 3.63) is 23.4 Å². The van der Waals surface area contributed by atoms with E-state index < -0.39 is 26.1 Å². The van der Waals surface area contributed by atoms with Gasteiger partial charge < -0.3 is 0 Å². The maximum absolute atomic E-state index is 12.6. The highest BCUT2D eigenvalue weighted by Crippen LogP contribution is 2.30. The zero-order valence-electron chi connectivity index (χ0n) is 7.12. The lowest BCUT2D eigenvalue weighted by Crippen LogP contribution is -2.05. The summed E-state index contributed by atoms with van der Waals surface area (Å²) < 4.78 is 47.1. The minimum Gasteiger partial charge on any atom is -0.243 e. The molecule has 0 N–H and O–H groups in total. The van der Waals surface area contributed by atoms with E-state index in [4.69, 9.17) is 22.3 Å². The number of alkyl halides is 3. The second kappa shape index (κ2) is 4.59. The summed E-state index contributed by atoms with van der Waals surface area (Å²) in [4.78, 5) is 3.32. The van der Waals surface area contributed by atoms with E-state index in [0.717, 1.165) is 6.20 Å². The van der Waals surface area contributed by atoms with Gasteiger partial charge >= 0.3 is 0 Å². The molecule has 0 saturated carbocycles. The molecule has 84 valence electrons. The molecule has 0 aliphatic carbocycles. The lowest BCUT2D eigenvalue weighted by atomic mass is 10.2. The van der Waals surface area contributed by atoms with Crippen LogP contribution >= 0.6 is 22.3 Å². The van der Waals surface area contributed by atoms with Crippen molar-refractivity contribution in [2.45, 2.75) is 17.3 Å². The molecule has 0 aliphatic rings. The van der Waals surface area contributed by atoms with Crippen LogP contribution in [0.5, 0.6) is 0 Å². The first kappa shape index (κ1) is 12.6. The van der Waals surface area contributed by atoms with Crippen LogP contribution in [0.4, 0.5) is 8.78 Å². The van der Waals surface area contributed by atoms with Gasteiger partial charge in [-0.05, 0) is 11.6 Å². The highest BCUT2D eigenvalue weighted by Gasteiger charge is 2.25. The fourth-order valence-corrected chi connectivity index (χ4v) is 2.31. The molecule has 1 rings (SSSR count). The fourth-order valence-electron chi connectivity index (χ4n) is 1.04. The summed E-state index contributed by atoms with van der Waals surface area (Å²) in [5.41, 5.74) is -0.733. The average Bonchev–Trinajstić information content (AvgIpc) is 2.15. The summed E-state index contributed by atoms with van der Waals surface area (Å²) in [5, 5.41) is -0.836. The van der Waals surface area contributed by atoms with Crippen LogP contribution in [0.3, 0.4) is 0 Å². The van der Waals surface area contributed by atoms with Gasteiger partial charge in [0, 0.05) is 22.8 Å². The second-order valence-corrected chi connectivity index (χ2v) is 5.31. The van der Waals surface area contributed by atoms with Crippen molar-refractivity contribution in [2.75, 3.05) is 0 Å². The number of halogens is 4. The van der Waals surface area contributed by atoms with E-state index >= 15 is 0 Å². The lowest BCUT2D eigenvalue weighted by Gasteiger charge is -2.08. The molecule has 0 atom stereocenters. The normalized spacial score (nSPS) is 12.1. The third kappa shape index (κ3) is 2.76. The number of nitrogens with zero attached hydrogens (tertiary/aromatic N) is 1. The van der Waals surface area contributed by atoms with Gasteiger partial charge in [0.2, 0.25) is 0 Å². The zero-order chi connectivity index (χ0) is 11.6. The number of hydrogen-bond acceptors (Lipinski definition) is 3. The van der Waals surface area contributed by atoms with Crippen LogP contribution in [0.2, 0.25) is 0 Å². The molecule has 0 aromatic carbocycles. The number of hydrogen-bond donors (Lipinski definition) is 0. The van der Waals surface area contributed by atoms with Crippen LogP contribution in [0.15, 0.2) is 17.3 Å². The van der Waals surface area contributed by atoms with Crippen molar-refractivity contribution < 1.29 is 17.2 Å². The Labute approximate surface area is 94.4 Å². The first-order valence-electron chi connectivity index (χ1n) is 3.64.